The number of rotatable bonds is 2. The normalized spacial score (nSPS) is 16.1. The van der Waals surface area contributed by atoms with E-state index < -0.39 is 0 Å². The van der Waals surface area contributed by atoms with Crippen molar-refractivity contribution in [3.05, 3.63) is 63.6 Å². The van der Waals surface area contributed by atoms with Gasteiger partial charge in [0, 0.05) is 40.8 Å². The standard InChI is InChI=1S/C16H14Cl2N2O/c17-12-6-5-11(14(18)9-12)10-20-8-7-15(19-21)13-3-1-2-4-16(13)20/h1-6,9,21H,7-8,10H2. The average Bonchev–Trinajstić information content (AvgIpc) is 2.50. The molecule has 2 aromatic carbocycles. The molecule has 0 spiro atoms. The summed E-state index contributed by atoms with van der Waals surface area (Å²) in [6, 6.07) is 13.5. The van der Waals surface area contributed by atoms with Gasteiger partial charge in [-0.25, -0.2) is 0 Å². The summed E-state index contributed by atoms with van der Waals surface area (Å²) in [5, 5.41) is 13.8. The fraction of sp³-hybridized carbons (Fsp3) is 0.188. The predicted octanol–water partition coefficient (Wildman–Crippen LogP) is 4.58. The maximum Gasteiger partial charge on any atom is 0.0906 e. The summed E-state index contributed by atoms with van der Waals surface area (Å²) in [4.78, 5) is 2.24. The molecule has 21 heavy (non-hydrogen) atoms. The number of oxime groups is 1. The van der Waals surface area contributed by atoms with Gasteiger partial charge in [-0.15, -0.1) is 0 Å². The van der Waals surface area contributed by atoms with Crippen molar-refractivity contribution in [2.75, 3.05) is 11.4 Å². The van der Waals surface area contributed by atoms with Gasteiger partial charge in [-0.1, -0.05) is 52.6 Å². The second-order valence-corrected chi connectivity index (χ2v) is 5.81. The zero-order valence-electron chi connectivity index (χ0n) is 11.3. The quantitative estimate of drug-likeness (QED) is 0.649. The van der Waals surface area contributed by atoms with Gasteiger partial charge in [-0.05, 0) is 23.8 Å². The van der Waals surface area contributed by atoms with E-state index in [0.29, 0.717) is 23.0 Å². The third-order valence-corrected chi connectivity index (χ3v) is 4.26. The van der Waals surface area contributed by atoms with E-state index in [2.05, 4.69) is 10.1 Å². The van der Waals surface area contributed by atoms with Gasteiger partial charge < -0.3 is 10.1 Å². The molecule has 0 saturated carbocycles. The molecule has 1 aliphatic rings. The second kappa shape index (κ2) is 5.96. The Morgan fingerprint density at radius 3 is 2.71 bits per heavy atom. The van der Waals surface area contributed by atoms with Gasteiger partial charge >= 0.3 is 0 Å². The second-order valence-electron chi connectivity index (χ2n) is 4.97. The molecule has 0 fully saturated rings. The lowest BCUT2D eigenvalue weighted by molar-refractivity contribution is 0.317. The largest absolute Gasteiger partial charge is 0.411 e. The van der Waals surface area contributed by atoms with Crippen LogP contribution in [0.4, 0.5) is 5.69 Å². The number of halogens is 2. The highest BCUT2D eigenvalue weighted by Crippen LogP contribution is 2.30. The Labute approximate surface area is 133 Å². The summed E-state index contributed by atoms with van der Waals surface area (Å²) >= 11 is 12.2. The maximum absolute atomic E-state index is 9.12. The van der Waals surface area contributed by atoms with Crippen LogP contribution in [0.25, 0.3) is 0 Å². The number of hydrogen-bond acceptors (Lipinski definition) is 3. The fourth-order valence-electron chi connectivity index (χ4n) is 2.61. The van der Waals surface area contributed by atoms with Crippen LogP contribution in [-0.2, 0) is 6.54 Å². The summed E-state index contributed by atoms with van der Waals surface area (Å²) in [6.45, 7) is 1.49. The summed E-state index contributed by atoms with van der Waals surface area (Å²) in [5.41, 5.74) is 3.78. The van der Waals surface area contributed by atoms with E-state index in [4.69, 9.17) is 28.4 Å². The van der Waals surface area contributed by atoms with Gasteiger partial charge in [0.05, 0.1) is 5.71 Å². The number of benzene rings is 2. The lowest BCUT2D eigenvalue weighted by Crippen LogP contribution is -2.32. The average molecular weight is 321 g/mol. The van der Waals surface area contributed by atoms with Crippen molar-refractivity contribution in [1.82, 2.24) is 0 Å². The summed E-state index contributed by atoms with van der Waals surface area (Å²) in [5.74, 6) is 0. The molecule has 2 aromatic rings. The lowest BCUT2D eigenvalue weighted by Gasteiger charge is -2.31. The van der Waals surface area contributed by atoms with E-state index >= 15 is 0 Å². The molecule has 1 aliphatic heterocycles. The Morgan fingerprint density at radius 2 is 1.95 bits per heavy atom. The monoisotopic (exact) mass is 320 g/mol. The van der Waals surface area contributed by atoms with E-state index in [0.717, 1.165) is 29.1 Å². The molecular weight excluding hydrogens is 307 g/mol. The van der Waals surface area contributed by atoms with E-state index in [1.165, 1.54) is 0 Å². The number of nitrogens with zero attached hydrogens (tertiary/aromatic N) is 2. The highest BCUT2D eigenvalue weighted by molar-refractivity contribution is 6.35. The molecule has 0 radical (unpaired) electrons. The number of fused-ring (bicyclic) bond motifs is 1. The number of anilines is 1. The molecule has 3 nitrogen and oxygen atoms in total. The van der Waals surface area contributed by atoms with Crippen molar-refractivity contribution in [3.63, 3.8) is 0 Å². The van der Waals surface area contributed by atoms with Crippen molar-refractivity contribution in [2.45, 2.75) is 13.0 Å². The fourth-order valence-corrected chi connectivity index (χ4v) is 3.08. The molecule has 0 atom stereocenters. The van der Waals surface area contributed by atoms with E-state index in [-0.39, 0.29) is 0 Å². The molecule has 1 heterocycles. The first-order valence-electron chi connectivity index (χ1n) is 6.68. The van der Waals surface area contributed by atoms with Gasteiger partial charge in [0.2, 0.25) is 0 Å². The topological polar surface area (TPSA) is 35.8 Å². The summed E-state index contributed by atoms with van der Waals surface area (Å²) < 4.78 is 0. The molecule has 0 bridgehead atoms. The van der Waals surface area contributed by atoms with Gasteiger partial charge in [0.1, 0.15) is 0 Å². The Balaban J connectivity index is 1.93. The third kappa shape index (κ3) is 2.85. The Bertz CT molecular complexity index is 700. The van der Waals surface area contributed by atoms with Crippen LogP contribution < -0.4 is 4.90 Å². The number of para-hydroxylation sites is 1. The number of hydrogen-bond donors (Lipinski definition) is 1. The van der Waals surface area contributed by atoms with Gasteiger partial charge in [-0.3, -0.25) is 0 Å². The van der Waals surface area contributed by atoms with Gasteiger partial charge in [-0.2, -0.15) is 0 Å². The summed E-state index contributed by atoms with van der Waals surface area (Å²) in [7, 11) is 0. The minimum atomic E-state index is 0.637. The van der Waals surface area contributed by atoms with Crippen molar-refractivity contribution >= 4 is 34.6 Å². The van der Waals surface area contributed by atoms with Crippen LogP contribution in [0, 0.1) is 0 Å². The van der Waals surface area contributed by atoms with Crippen LogP contribution >= 0.6 is 23.2 Å². The molecule has 1 N–H and O–H groups in total. The SMILES string of the molecule is ON=C1CCN(Cc2ccc(Cl)cc2Cl)c2ccccc21. The summed E-state index contributed by atoms with van der Waals surface area (Å²) in [6.07, 6.45) is 0.707. The molecule has 0 aliphatic carbocycles. The molecule has 5 heteroatoms. The molecule has 0 amide bonds. The van der Waals surface area contributed by atoms with Crippen LogP contribution in [-0.4, -0.2) is 17.5 Å². The van der Waals surface area contributed by atoms with E-state index in [1.807, 2.05) is 36.4 Å². The zero-order chi connectivity index (χ0) is 14.8. The van der Waals surface area contributed by atoms with Gasteiger partial charge in [0.25, 0.3) is 0 Å². The Hall–Kier alpha value is -1.71. The van der Waals surface area contributed by atoms with Crippen molar-refractivity contribution in [1.29, 1.82) is 0 Å². The molecule has 3 rings (SSSR count). The first-order valence-corrected chi connectivity index (χ1v) is 7.44. The molecule has 108 valence electrons. The highest BCUT2D eigenvalue weighted by Gasteiger charge is 2.22. The smallest absolute Gasteiger partial charge is 0.0906 e. The van der Waals surface area contributed by atoms with Crippen LogP contribution in [0.1, 0.15) is 17.5 Å². The maximum atomic E-state index is 9.12. The first kappa shape index (κ1) is 14.2. The molecule has 0 aromatic heterocycles. The van der Waals surface area contributed by atoms with Crippen LogP contribution in [0.5, 0.6) is 0 Å². The van der Waals surface area contributed by atoms with Crippen molar-refractivity contribution in [3.8, 4) is 0 Å². The van der Waals surface area contributed by atoms with E-state index in [9.17, 15) is 0 Å². The van der Waals surface area contributed by atoms with Crippen molar-refractivity contribution in [2.24, 2.45) is 5.16 Å². The van der Waals surface area contributed by atoms with E-state index in [1.54, 1.807) is 6.07 Å². The van der Waals surface area contributed by atoms with Crippen LogP contribution in [0.3, 0.4) is 0 Å². The third-order valence-electron chi connectivity index (χ3n) is 3.67. The Kier molecular flexibility index (Phi) is 4.04. The molecule has 0 unspecified atom stereocenters. The van der Waals surface area contributed by atoms with Crippen molar-refractivity contribution < 1.29 is 5.21 Å². The minimum Gasteiger partial charge on any atom is -0.411 e. The highest BCUT2D eigenvalue weighted by atomic mass is 35.5. The zero-order valence-corrected chi connectivity index (χ0v) is 12.8. The predicted molar refractivity (Wildman–Crippen MR) is 86.9 cm³/mol. The lowest BCUT2D eigenvalue weighted by atomic mass is 9.99. The van der Waals surface area contributed by atoms with Gasteiger partial charge in [0.15, 0.2) is 0 Å². The van der Waals surface area contributed by atoms with Crippen LogP contribution in [0.15, 0.2) is 47.6 Å². The first-order chi connectivity index (χ1) is 10.2. The molecule has 0 saturated heterocycles. The van der Waals surface area contributed by atoms with Crippen LogP contribution in [0.2, 0.25) is 10.0 Å². The Morgan fingerprint density at radius 1 is 1.14 bits per heavy atom. The molecular formula is C16H14Cl2N2O. The minimum absolute atomic E-state index is 0.637.